The lowest BCUT2D eigenvalue weighted by molar-refractivity contribution is -0.140. The van der Waals surface area contributed by atoms with Crippen molar-refractivity contribution in [1.29, 1.82) is 0 Å². The summed E-state index contributed by atoms with van der Waals surface area (Å²) in [5.74, 6) is 1.69. The van der Waals surface area contributed by atoms with Gasteiger partial charge in [0.1, 0.15) is 36.1 Å². The number of ether oxygens (including phenoxy) is 5. The molecule has 338 valence electrons. The third-order valence-electron chi connectivity index (χ3n) is 13.8. The molecule has 17 heteroatoms. The summed E-state index contributed by atoms with van der Waals surface area (Å²) in [7, 11) is 4.07. The Hall–Kier alpha value is -6.20. The molecule has 3 aromatic carbocycles. The van der Waals surface area contributed by atoms with Gasteiger partial charge in [0.2, 0.25) is 11.8 Å². The van der Waals surface area contributed by atoms with Crippen LogP contribution in [0.25, 0.3) is 44.2 Å². The van der Waals surface area contributed by atoms with E-state index in [-0.39, 0.29) is 41.9 Å². The number of hydrogen-bond acceptors (Lipinski definition) is 11. The molecule has 5 aromatic rings. The van der Waals surface area contributed by atoms with Crippen molar-refractivity contribution in [1.82, 2.24) is 40.4 Å². The first-order valence-electron chi connectivity index (χ1n) is 22.2. The first-order valence-corrected chi connectivity index (χ1v) is 22.2. The van der Waals surface area contributed by atoms with Gasteiger partial charge in [0.15, 0.2) is 0 Å². The number of hydrogen-bond donors (Lipinski definition) is 4. The number of carbonyl (C=O) groups excluding carboxylic acids is 4. The van der Waals surface area contributed by atoms with Gasteiger partial charge < -0.3 is 54.1 Å². The standard InChI is InChI=1S/C47H56N8O9/c1-24-7-13-36(54(24)44(56)39(26(3)60-4)52-46(58)61-5)42-48-22-35(50-42)29-9-11-31-30(19-29)23-64-38-21-32-28(20-33(31)38)10-12-34-41(32)51-43(49-34)37-14-8-25(2)55(37)45(57)40(53-47(59)62-6)27-15-17-63-18-16-27/h9-12,19-22,24-27,36-37,39-40H,7-8,13-18,23H2,1-6H3,(H,48,50)(H,49,51)(H,52,58)(H,53,59)/t24-,25-,26+,36-,37-,39-,40-/m0/s1. The number of aromatic amines is 2. The number of nitrogens with zero attached hydrogens (tertiary/aromatic N) is 4. The summed E-state index contributed by atoms with van der Waals surface area (Å²) in [6, 6.07) is 12.2. The molecule has 0 radical (unpaired) electrons. The largest absolute Gasteiger partial charge is 0.488 e. The Labute approximate surface area is 370 Å². The van der Waals surface area contributed by atoms with Gasteiger partial charge in [0.05, 0.1) is 55.3 Å². The summed E-state index contributed by atoms with van der Waals surface area (Å²) in [6.45, 7) is 7.24. The summed E-state index contributed by atoms with van der Waals surface area (Å²) < 4.78 is 27.2. The lowest BCUT2D eigenvalue weighted by Gasteiger charge is -2.36. The van der Waals surface area contributed by atoms with Gasteiger partial charge in [-0.25, -0.2) is 19.6 Å². The van der Waals surface area contributed by atoms with Crippen LogP contribution in [-0.2, 0) is 35.1 Å². The van der Waals surface area contributed by atoms with Gasteiger partial charge in [-0.2, -0.15) is 0 Å². The molecule has 4 N–H and O–H groups in total. The lowest BCUT2D eigenvalue weighted by atomic mass is 9.90. The predicted octanol–water partition coefficient (Wildman–Crippen LogP) is 6.68. The molecule has 0 unspecified atom stereocenters. The summed E-state index contributed by atoms with van der Waals surface area (Å²) >= 11 is 0. The van der Waals surface area contributed by atoms with Gasteiger partial charge in [-0.1, -0.05) is 18.2 Å². The van der Waals surface area contributed by atoms with E-state index in [0.717, 1.165) is 74.8 Å². The van der Waals surface area contributed by atoms with Gasteiger partial charge in [-0.15, -0.1) is 0 Å². The van der Waals surface area contributed by atoms with Crippen molar-refractivity contribution < 1.29 is 42.9 Å². The van der Waals surface area contributed by atoms with Gasteiger partial charge in [-0.3, -0.25) is 9.59 Å². The first-order chi connectivity index (χ1) is 31.0. The van der Waals surface area contributed by atoms with Crippen LogP contribution in [0.3, 0.4) is 0 Å². The van der Waals surface area contributed by atoms with E-state index in [0.29, 0.717) is 50.7 Å². The number of amides is 4. The Bertz CT molecular complexity index is 2590. The van der Waals surface area contributed by atoms with Crippen molar-refractivity contribution >= 4 is 45.8 Å². The maximum Gasteiger partial charge on any atom is 0.407 e. The molecular weight excluding hydrogens is 821 g/mol. The molecule has 4 aliphatic rings. The number of aromatic nitrogens is 4. The molecule has 4 aliphatic heterocycles. The molecule has 2 aromatic heterocycles. The number of rotatable bonds is 10. The molecular formula is C47H56N8O9. The zero-order valence-electron chi connectivity index (χ0n) is 37.1. The molecule has 0 spiro atoms. The highest BCUT2D eigenvalue weighted by molar-refractivity contribution is 6.07. The van der Waals surface area contributed by atoms with Crippen LogP contribution >= 0.6 is 0 Å². The second-order valence-electron chi connectivity index (χ2n) is 17.5. The number of likely N-dealkylation sites (tertiary alicyclic amines) is 2. The average molecular weight is 877 g/mol. The van der Waals surface area contributed by atoms with Crippen LogP contribution in [0, 0.1) is 5.92 Å². The maximum absolute atomic E-state index is 14.4. The smallest absolute Gasteiger partial charge is 0.407 e. The van der Waals surface area contributed by atoms with E-state index >= 15 is 0 Å². The highest BCUT2D eigenvalue weighted by Crippen LogP contribution is 2.44. The predicted molar refractivity (Wildman–Crippen MR) is 236 cm³/mol. The first kappa shape index (κ1) is 43.1. The summed E-state index contributed by atoms with van der Waals surface area (Å²) in [4.78, 5) is 73.6. The number of benzene rings is 3. The summed E-state index contributed by atoms with van der Waals surface area (Å²) in [6.07, 6.45) is 4.28. The number of imidazole rings is 2. The Morgan fingerprint density at radius 1 is 0.797 bits per heavy atom. The molecule has 4 amide bonds. The van der Waals surface area contributed by atoms with Crippen LogP contribution in [0.2, 0.25) is 0 Å². The summed E-state index contributed by atoms with van der Waals surface area (Å²) in [5.41, 5.74) is 6.50. The van der Waals surface area contributed by atoms with E-state index in [4.69, 9.17) is 33.7 Å². The Morgan fingerprint density at radius 3 is 2.22 bits per heavy atom. The second-order valence-corrected chi connectivity index (χ2v) is 17.5. The van der Waals surface area contributed by atoms with Gasteiger partial charge in [0.25, 0.3) is 0 Å². The number of nitrogens with one attached hydrogen (secondary N) is 4. The fraction of sp³-hybridized carbons (Fsp3) is 0.489. The van der Waals surface area contributed by atoms with Crippen molar-refractivity contribution in [3.8, 4) is 28.1 Å². The van der Waals surface area contributed by atoms with Crippen LogP contribution in [0.5, 0.6) is 5.75 Å². The van der Waals surface area contributed by atoms with E-state index in [1.54, 1.807) is 18.0 Å². The van der Waals surface area contributed by atoms with Gasteiger partial charge in [-0.05, 0) is 112 Å². The minimum Gasteiger partial charge on any atom is -0.488 e. The average Bonchev–Trinajstić information content (AvgIpc) is 4.14. The number of methoxy groups -OCH3 is 3. The Morgan fingerprint density at radius 2 is 1.50 bits per heavy atom. The van der Waals surface area contributed by atoms with Crippen molar-refractivity contribution in [2.75, 3.05) is 34.5 Å². The van der Waals surface area contributed by atoms with Crippen LogP contribution < -0.4 is 15.4 Å². The number of H-pyrrole nitrogens is 2. The SMILES string of the molecule is COC(=O)N[C@H](C(=O)N1[C@@H](C)CC[C@H]1c1nc2c(ccc3cc4c(cc32)OCc2cc(-c3cnc([C@@H]5CC[C@H](C)N5C(=O)[C@@H](NC(=O)OC)[C@@H](C)OC)[nH]3)ccc2-4)[nH]1)C1CCOCC1. The summed E-state index contributed by atoms with van der Waals surface area (Å²) in [5, 5.41) is 7.45. The van der Waals surface area contributed by atoms with Crippen LogP contribution in [-0.4, -0.2) is 119 Å². The van der Waals surface area contributed by atoms with E-state index in [1.165, 1.54) is 21.3 Å². The number of fused-ring (bicyclic) bond motifs is 6. The molecule has 17 nitrogen and oxygen atoms in total. The zero-order chi connectivity index (χ0) is 44.8. The molecule has 0 bridgehead atoms. The van der Waals surface area contributed by atoms with Gasteiger partial charge >= 0.3 is 12.2 Å². The molecule has 64 heavy (non-hydrogen) atoms. The molecule has 0 saturated carbocycles. The molecule has 7 atom stereocenters. The molecule has 9 rings (SSSR count). The zero-order valence-corrected chi connectivity index (χ0v) is 37.1. The van der Waals surface area contributed by atoms with E-state index < -0.39 is 30.4 Å². The third kappa shape index (κ3) is 7.88. The Balaban J connectivity index is 0.963. The Kier molecular flexibility index (Phi) is 11.9. The fourth-order valence-electron chi connectivity index (χ4n) is 10.2. The monoisotopic (exact) mass is 876 g/mol. The maximum atomic E-state index is 14.4. The van der Waals surface area contributed by atoms with E-state index in [2.05, 4.69) is 63.9 Å². The van der Waals surface area contributed by atoms with E-state index in [9.17, 15) is 19.2 Å². The van der Waals surface area contributed by atoms with Crippen molar-refractivity contribution in [2.45, 2.75) is 108 Å². The third-order valence-corrected chi connectivity index (χ3v) is 13.8. The van der Waals surface area contributed by atoms with Crippen LogP contribution in [0.15, 0.2) is 48.7 Å². The van der Waals surface area contributed by atoms with Gasteiger partial charge in [0, 0.05) is 43.4 Å². The highest BCUT2D eigenvalue weighted by atomic mass is 16.5. The van der Waals surface area contributed by atoms with Crippen molar-refractivity contribution in [2.24, 2.45) is 5.92 Å². The lowest BCUT2D eigenvalue weighted by Crippen LogP contribution is -2.55. The number of carbonyl (C=O) groups is 4. The van der Waals surface area contributed by atoms with Crippen LogP contribution in [0.4, 0.5) is 9.59 Å². The molecule has 6 heterocycles. The van der Waals surface area contributed by atoms with Crippen molar-refractivity contribution in [3.63, 3.8) is 0 Å². The van der Waals surface area contributed by atoms with Crippen LogP contribution in [0.1, 0.15) is 88.6 Å². The fourth-order valence-corrected chi connectivity index (χ4v) is 10.2. The highest BCUT2D eigenvalue weighted by Gasteiger charge is 2.44. The number of alkyl carbamates (subject to hydrolysis) is 2. The minimum absolute atomic E-state index is 0.0424. The van der Waals surface area contributed by atoms with E-state index in [1.807, 2.05) is 17.9 Å². The topological polar surface area (TPSA) is 202 Å². The molecule has 3 saturated heterocycles. The minimum atomic E-state index is -0.929. The molecule has 3 fully saturated rings. The quantitative estimate of drug-likeness (QED) is 0.117. The van der Waals surface area contributed by atoms with Crippen molar-refractivity contribution in [3.05, 3.63) is 65.9 Å². The molecule has 0 aliphatic carbocycles. The second kappa shape index (κ2) is 17.8. The normalized spacial score (nSPS) is 22.3.